The molecular formula is C22H17BrN2O2. The molecule has 4 nitrogen and oxygen atoms in total. The second-order valence-corrected chi connectivity index (χ2v) is 7.11. The zero-order valence-electron chi connectivity index (χ0n) is 14.9. The van der Waals surface area contributed by atoms with Gasteiger partial charge in [-0.3, -0.25) is 0 Å². The molecule has 0 aliphatic heterocycles. The molecular weight excluding hydrogens is 404 g/mol. The predicted molar refractivity (Wildman–Crippen MR) is 110 cm³/mol. The molecule has 0 amide bonds. The fourth-order valence-electron chi connectivity index (χ4n) is 3.07. The molecule has 0 spiro atoms. The maximum atomic E-state index is 11.0. The number of halogens is 1. The van der Waals surface area contributed by atoms with E-state index in [4.69, 9.17) is 5.11 Å². The summed E-state index contributed by atoms with van der Waals surface area (Å²) in [6, 6.07) is 18.6. The SMILES string of the molecule is Cc1cc(/C=C(/C#N)c2ccc(C(=O)O)cc2)c(C)n1-c1cccc(Br)c1. The van der Waals surface area contributed by atoms with Crippen LogP contribution in [0.1, 0.15) is 32.9 Å². The highest BCUT2D eigenvalue weighted by molar-refractivity contribution is 9.10. The fourth-order valence-corrected chi connectivity index (χ4v) is 3.46. The van der Waals surface area contributed by atoms with Crippen LogP contribution in [0.5, 0.6) is 0 Å². The minimum Gasteiger partial charge on any atom is -0.478 e. The standard InChI is InChI=1S/C22H17BrN2O2/c1-14-10-18(15(2)25(14)21-5-3-4-20(23)12-21)11-19(13-24)16-6-8-17(9-7-16)22(26)27/h3-12H,1-2H3,(H,26,27)/b19-11-. The van der Waals surface area contributed by atoms with Gasteiger partial charge in [0.05, 0.1) is 17.2 Å². The van der Waals surface area contributed by atoms with E-state index in [2.05, 4.69) is 26.6 Å². The van der Waals surface area contributed by atoms with Crippen LogP contribution >= 0.6 is 15.9 Å². The molecule has 5 heteroatoms. The minimum atomic E-state index is -0.985. The van der Waals surface area contributed by atoms with Crippen LogP contribution in [-0.2, 0) is 0 Å². The van der Waals surface area contributed by atoms with Crippen LogP contribution in [0.25, 0.3) is 17.3 Å². The summed E-state index contributed by atoms with van der Waals surface area (Å²) in [6.45, 7) is 4.04. The lowest BCUT2D eigenvalue weighted by molar-refractivity contribution is 0.0697. The summed E-state index contributed by atoms with van der Waals surface area (Å²) >= 11 is 3.50. The van der Waals surface area contributed by atoms with Gasteiger partial charge in [-0.25, -0.2) is 4.79 Å². The summed E-state index contributed by atoms with van der Waals surface area (Å²) in [5.41, 5.74) is 5.46. The first-order chi connectivity index (χ1) is 12.9. The molecule has 0 radical (unpaired) electrons. The van der Waals surface area contributed by atoms with Crippen molar-refractivity contribution >= 4 is 33.5 Å². The third kappa shape index (κ3) is 3.86. The first kappa shape index (κ1) is 18.7. The van der Waals surface area contributed by atoms with E-state index in [0.29, 0.717) is 11.1 Å². The van der Waals surface area contributed by atoms with Crippen LogP contribution in [0.4, 0.5) is 0 Å². The number of aryl methyl sites for hydroxylation is 1. The van der Waals surface area contributed by atoms with Gasteiger partial charge >= 0.3 is 5.97 Å². The third-order valence-corrected chi connectivity index (χ3v) is 4.89. The lowest BCUT2D eigenvalue weighted by Gasteiger charge is -2.10. The molecule has 1 aromatic heterocycles. The molecule has 0 saturated heterocycles. The Morgan fingerprint density at radius 2 is 1.78 bits per heavy atom. The van der Waals surface area contributed by atoms with E-state index in [-0.39, 0.29) is 5.56 Å². The number of nitriles is 1. The summed E-state index contributed by atoms with van der Waals surface area (Å²) in [5, 5.41) is 18.6. The maximum absolute atomic E-state index is 11.0. The van der Waals surface area contributed by atoms with Gasteiger partial charge in [0.1, 0.15) is 0 Å². The maximum Gasteiger partial charge on any atom is 0.335 e. The van der Waals surface area contributed by atoms with Gasteiger partial charge in [0.2, 0.25) is 0 Å². The Morgan fingerprint density at radius 1 is 1.11 bits per heavy atom. The Balaban J connectivity index is 2.04. The van der Waals surface area contributed by atoms with E-state index in [0.717, 1.165) is 27.1 Å². The van der Waals surface area contributed by atoms with E-state index in [1.165, 1.54) is 12.1 Å². The van der Waals surface area contributed by atoms with Crippen molar-refractivity contribution in [2.24, 2.45) is 0 Å². The molecule has 0 aliphatic carbocycles. The van der Waals surface area contributed by atoms with Crippen LogP contribution < -0.4 is 0 Å². The summed E-state index contributed by atoms with van der Waals surface area (Å²) in [6.07, 6.45) is 1.84. The average molecular weight is 421 g/mol. The topological polar surface area (TPSA) is 66.0 Å². The highest BCUT2D eigenvalue weighted by Crippen LogP contribution is 2.26. The average Bonchev–Trinajstić information content (AvgIpc) is 2.93. The number of allylic oxidation sites excluding steroid dienone is 1. The second-order valence-electron chi connectivity index (χ2n) is 6.19. The number of carbonyl (C=O) groups is 1. The number of carboxylic acids is 1. The van der Waals surface area contributed by atoms with Gasteiger partial charge in [0.25, 0.3) is 0 Å². The highest BCUT2D eigenvalue weighted by atomic mass is 79.9. The Kier molecular flexibility index (Phi) is 5.29. The molecule has 134 valence electrons. The van der Waals surface area contributed by atoms with E-state index in [1.54, 1.807) is 12.1 Å². The zero-order valence-corrected chi connectivity index (χ0v) is 16.5. The molecule has 1 heterocycles. The Morgan fingerprint density at radius 3 is 2.37 bits per heavy atom. The van der Waals surface area contributed by atoms with Gasteiger partial charge in [0.15, 0.2) is 0 Å². The molecule has 0 bridgehead atoms. The molecule has 0 unspecified atom stereocenters. The van der Waals surface area contributed by atoms with Crippen LogP contribution in [0.3, 0.4) is 0 Å². The number of hydrogen-bond acceptors (Lipinski definition) is 2. The summed E-state index contributed by atoms with van der Waals surface area (Å²) < 4.78 is 3.14. The van der Waals surface area contributed by atoms with E-state index in [1.807, 2.05) is 50.3 Å². The molecule has 27 heavy (non-hydrogen) atoms. The van der Waals surface area contributed by atoms with Gasteiger partial charge in [-0.15, -0.1) is 0 Å². The molecule has 1 N–H and O–H groups in total. The van der Waals surface area contributed by atoms with Crippen molar-refractivity contribution < 1.29 is 9.90 Å². The van der Waals surface area contributed by atoms with E-state index >= 15 is 0 Å². The highest BCUT2D eigenvalue weighted by Gasteiger charge is 2.11. The van der Waals surface area contributed by atoms with Crippen molar-refractivity contribution in [1.29, 1.82) is 5.26 Å². The first-order valence-electron chi connectivity index (χ1n) is 8.31. The van der Waals surface area contributed by atoms with Crippen LogP contribution in [0, 0.1) is 25.2 Å². The van der Waals surface area contributed by atoms with Crippen molar-refractivity contribution in [2.45, 2.75) is 13.8 Å². The monoisotopic (exact) mass is 420 g/mol. The number of carboxylic acid groups (broad SMARTS) is 1. The first-order valence-corrected chi connectivity index (χ1v) is 9.10. The fraction of sp³-hybridized carbons (Fsp3) is 0.0909. The normalized spacial score (nSPS) is 11.3. The van der Waals surface area contributed by atoms with Crippen LogP contribution in [-0.4, -0.2) is 15.6 Å². The molecule has 0 fully saturated rings. The van der Waals surface area contributed by atoms with Crippen molar-refractivity contribution in [2.75, 3.05) is 0 Å². The summed E-state index contributed by atoms with van der Waals surface area (Å²) in [7, 11) is 0. The third-order valence-electron chi connectivity index (χ3n) is 4.40. The summed E-state index contributed by atoms with van der Waals surface area (Å²) in [4.78, 5) is 11.0. The number of benzene rings is 2. The van der Waals surface area contributed by atoms with Crippen molar-refractivity contribution in [3.63, 3.8) is 0 Å². The second kappa shape index (κ2) is 7.65. The van der Waals surface area contributed by atoms with Crippen molar-refractivity contribution in [1.82, 2.24) is 4.57 Å². The Hall–Kier alpha value is -3.10. The lowest BCUT2D eigenvalue weighted by Crippen LogP contribution is -1.99. The van der Waals surface area contributed by atoms with Gasteiger partial charge in [-0.05, 0) is 67.4 Å². The molecule has 2 aromatic carbocycles. The van der Waals surface area contributed by atoms with Gasteiger partial charge in [-0.2, -0.15) is 5.26 Å². The van der Waals surface area contributed by atoms with Crippen LogP contribution in [0.2, 0.25) is 0 Å². The van der Waals surface area contributed by atoms with Gasteiger partial charge in [0, 0.05) is 21.5 Å². The number of nitrogens with zero attached hydrogens (tertiary/aromatic N) is 2. The number of aromatic carboxylic acids is 1. The Bertz CT molecular complexity index is 1090. The van der Waals surface area contributed by atoms with Gasteiger partial charge in [-0.1, -0.05) is 34.1 Å². The smallest absolute Gasteiger partial charge is 0.335 e. The number of rotatable bonds is 4. The largest absolute Gasteiger partial charge is 0.478 e. The number of hydrogen-bond donors (Lipinski definition) is 1. The molecule has 3 rings (SSSR count). The minimum absolute atomic E-state index is 0.198. The van der Waals surface area contributed by atoms with Gasteiger partial charge < -0.3 is 9.67 Å². The quantitative estimate of drug-likeness (QED) is 0.556. The molecule has 0 saturated carbocycles. The Labute approximate surface area is 166 Å². The molecule has 3 aromatic rings. The van der Waals surface area contributed by atoms with Crippen molar-refractivity contribution in [3.05, 3.63) is 87.1 Å². The van der Waals surface area contributed by atoms with E-state index in [9.17, 15) is 10.1 Å². The van der Waals surface area contributed by atoms with E-state index < -0.39 is 5.97 Å². The molecule has 0 aliphatic rings. The zero-order chi connectivity index (χ0) is 19.6. The molecule has 0 atom stereocenters. The summed E-state index contributed by atoms with van der Waals surface area (Å²) in [5.74, 6) is -0.985. The van der Waals surface area contributed by atoms with Crippen LogP contribution in [0.15, 0.2) is 59.1 Å². The number of aromatic nitrogens is 1. The van der Waals surface area contributed by atoms with Crippen molar-refractivity contribution in [3.8, 4) is 11.8 Å². The lowest BCUT2D eigenvalue weighted by atomic mass is 10.0. The predicted octanol–water partition coefficient (Wildman–Crippen LogP) is 5.62.